The molecule has 0 fully saturated rings. The molecule has 0 bridgehead atoms. The van der Waals surface area contributed by atoms with E-state index in [1.165, 1.54) is 5.57 Å². The zero-order valence-electron chi connectivity index (χ0n) is 12.9. The van der Waals surface area contributed by atoms with Gasteiger partial charge in [0.15, 0.2) is 0 Å². The van der Waals surface area contributed by atoms with Gasteiger partial charge in [0.05, 0.1) is 6.54 Å². The predicted molar refractivity (Wildman–Crippen MR) is 84.7 cm³/mol. The van der Waals surface area contributed by atoms with Crippen LogP contribution in [0.2, 0.25) is 0 Å². The fourth-order valence-corrected chi connectivity index (χ4v) is 2.27. The standard InChI is InChI=1S/C16H27N3/c1-6-9-15(7-2)12-19-16(8-3)18-14(5)10-13(4)11-17-19/h6-7,9,11,13-14H,8,10,12H2,1-5H3/b9-6-,15-7+,17-11-,18-16?. The van der Waals surface area contributed by atoms with E-state index in [9.17, 15) is 0 Å². The maximum absolute atomic E-state index is 4.81. The molecule has 0 saturated carbocycles. The second-order valence-corrected chi connectivity index (χ2v) is 5.15. The number of allylic oxidation sites excluding steroid dienone is 2. The third kappa shape index (κ3) is 5.01. The number of nitrogens with zero attached hydrogens (tertiary/aromatic N) is 3. The Bertz CT molecular complexity index is 391. The number of rotatable bonds is 4. The molecule has 0 saturated heterocycles. The molecule has 19 heavy (non-hydrogen) atoms. The third-order valence-corrected chi connectivity index (χ3v) is 3.24. The van der Waals surface area contributed by atoms with Crippen LogP contribution in [0, 0.1) is 5.92 Å². The van der Waals surface area contributed by atoms with Crippen LogP contribution >= 0.6 is 0 Å². The van der Waals surface area contributed by atoms with Crippen molar-refractivity contribution in [1.82, 2.24) is 5.01 Å². The summed E-state index contributed by atoms with van der Waals surface area (Å²) >= 11 is 0. The summed E-state index contributed by atoms with van der Waals surface area (Å²) in [5.74, 6) is 1.56. The molecular formula is C16H27N3. The minimum absolute atomic E-state index is 0.370. The number of amidine groups is 1. The molecular weight excluding hydrogens is 234 g/mol. The molecule has 0 aromatic rings. The third-order valence-electron chi connectivity index (χ3n) is 3.24. The number of aliphatic imine (C=N–C) groups is 1. The zero-order valence-corrected chi connectivity index (χ0v) is 12.9. The van der Waals surface area contributed by atoms with Crippen molar-refractivity contribution in [2.75, 3.05) is 6.54 Å². The lowest BCUT2D eigenvalue weighted by Crippen LogP contribution is -2.31. The number of hydrogen-bond donors (Lipinski definition) is 0. The summed E-state index contributed by atoms with van der Waals surface area (Å²) in [6.07, 6.45) is 10.4. The quantitative estimate of drug-likeness (QED) is 0.702. The van der Waals surface area contributed by atoms with Crippen LogP contribution in [-0.4, -0.2) is 29.6 Å². The molecule has 0 aliphatic carbocycles. The van der Waals surface area contributed by atoms with Gasteiger partial charge in [-0.05, 0) is 38.7 Å². The van der Waals surface area contributed by atoms with Gasteiger partial charge in [0, 0.05) is 18.7 Å². The number of hydrazone groups is 1. The van der Waals surface area contributed by atoms with Gasteiger partial charge in [0.25, 0.3) is 0 Å². The highest BCUT2D eigenvalue weighted by atomic mass is 15.5. The minimum Gasteiger partial charge on any atom is -0.268 e. The fraction of sp³-hybridized carbons (Fsp3) is 0.625. The maximum atomic E-state index is 4.81. The highest BCUT2D eigenvalue weighted by Gasteiger charge is 2.15. The molecule has 3 heteroatoms. The van der Waals surface area contributed by atoms with E-state index in [0.717, 1.165) is 25.2 Å². The predicted octanol–water partition coefficient (Wildman–Crippen LogP) is 4.03. The largest absolute Gasteiger partial charge is 0.268 e. The van der Waals surface area contributed by atoms with Gasteiger partial charge in [0.1, 0.15) is 5.84 Å². The molecule has 1 aliphatic heterocycles. The first-order valence-electron chi connectivity index (χ1n) is 7.26. The number of hydrogen-bond acceptors (Lipinski definition) is 3. The van der Waals surface area contributed by atoms with Gasteiger partial charge in [-0.1, -0.05) is 32.1 Å². The first kappa shape index (κ1) is 15.7. The molecule has 0 amide bonds. The van der Waals surface area contributed by atoms with E-state index < -0.39 is 0 Å². The average molecular weight is 261 g/mol. The second-order valence-electron chi connectivity index (χ2n) is 5.15. The van der Waals surface area contributed by atoms with Crippen molar-refractivity contribution in [3.63, 3.8) is 0 Å². The normalized spacial score (nSPS) is 27.1. The molecule has 3 nitrogen and oxygen atoms in total. The Balaban J connectivity index is 2.95. The van der Waals surface area contributed by atoms with Crippen LogP contribution in [-0.2, 0) is 0 Å². The molecule has 1 aliphatic rings. The van der Waals surface area contributed by atoms with E-state index in [2.05, 4.69) is 57.2 Å². The minimum atomic E-state index is 0.370. The van der Waals surface area contributed by atoms with Crippen molar-refractivity contribution < 1.29 is 0 Å². The lowest BCUT2D eigenvalue weighted by molar-refractivity contribution is 0.451. The Labute approximate surface area is 117 Å². The molecule has 0 aromatic carbocycles. The summed E-state index contributed by atoms with van der Waals surface area (Å²) < 4.78 is 0. The van der Waals surface area contributed by atoms with Gasteiger partial charge in [-0.3, -0.25) is 4.99 Å². The molecule has 2 atom stereocenters. The summed E-state index contributed by atoms with van der Waals surface area (Å²) in [6, 6.07) is 0.370. The highest BCUT2D eigenvalue weighted by molar-refractivity contribution is 5.83. The molecule has 0 radical (unpaired) electrons. The Hall–Kier alpha value is -1.38. The molecule has 0 spiro atoms. The van der Waals surface area contributed by atoms with Crippen LogP contribution in [0.4, 0.5) is 0 Å². The SMILES string of the molecule is C/C=C\C(=C/C)CN1/N=C\C(C)CC(C)N=C1CC. The van der Waals surface area contributed by atoms with Gasteiger partial charge in [0.2, 0.25) is 0 Å². The Morgan fingerprint density at radius 1 is 1.42 bits per heavy atom. The molecule has 106 valence electrons. The molecule has 0 N–H and O–H groups in total. The highest BCUT2D eigenvalue weighted by Crippen LogP contribution is 2.14. The monoisotopic (exact) mass is 261 g/mol. The average Bonchev–Trinajstić information content (AvgIpc) is 2.38. The van der Waals surface area contributed by atoms with Crippen molar-refractivity contribution in [3.05, 3.63) is 23.8 Å². The Morgan fingerprint density at radius 2 is 2.16 bits per heavy atom. The van der Waals surface area contributed by atoms with Crippen LogP contribution in [0.25, 0.3) is 0 Å². The van der Waals surface area contributed by atoms with Gasteiger partial charge >= 0.3 is 0 Å². The van der Waals surface area contributed by atoms with Crippen molar-refractivity contribution in [1.29, 1.82) is 0 Å². The molecule has 1 rings (SSSR count). The first-order valence-corrected chi connectivity index (χ1v) is 7.26. The van der Waals surface area contributed by atoms with Crippen LogP contribution in [0.5, 0.6) is 0 Å². The smallest absolute Gasteiger partial charge is 0.120 e. The van der Waals surface area contributed by atoms with E-state index in [-0.39, 0.29) is 0 Å². The summed E-state index contributed by atoms with van der Waals surface area (Å²) in [4.78, 5) is 4.81. The van der Waals surface area contributed by atoms with E-state index in [0.29, 0.717) is 12.0 Å². The first-order chi connectivity index (χ1) is 9.10. The summed E-state index contributed by atoms with van der Waals surface area (Å²) in [6.45, 7) is 11.4. The van der Waals surface area contributed by atoms with Crippen LogP contribution in [0.3, 0.4) is 0 Å². The Kier molecular flexibility index (Phi) is 6.54. The molecule has 0 aromatic heterocycles. The van der Waals surface area contributed by atoms with Crippen molar-refractivity contribution in [3.8, 4) is 0 Å². The summed E-state index contributed by atoms with van der Waals surface area (Å²) in [7, 11) is 0. The van der Waals surface area contributed by atoms with E-state index in [1.54, 1.807) is 0 Å². The van der Waals surface area contributed by atoms with E-state index >= 15 is 0 Å². The van der Waals surface area contributed by atoms with Gasteiger partial charge in [-0.25, -0.2) is 5.01 Å². The fourth-order valence-electron chi connectivity index (χ4n) is 2.27. The van der Waals surface area contributed by atoms with Crippen LogP contribution in [0.1, 0.15) is 47.5 Å². The van der Waals surface area contributed by atoms with E-state index in [4.69, 9.17) is 4.99 Å². The van der Waals surface area contributed by atoms with E-state index in [1.807, 2.05) is 11.9 Å². The maximum Gasteiger partial charge on any atom is 0.120 e. The topological polar surface area (TPSA) is 28.0 Å². The van der Waals surface area contributed by atoms with Gasteiger partial charge in [-0.2, -0.15) is 5.10 Å². The van der Waals surface area contributed by atoms with Crippen LogP contribution < -0.4 is 0 Å². The van der Waals surface area contributed by atoms with Crippen molar-refractivity contribution in [2.45, 2.75) is 53.5 Å². The molecule has 1 heterocycles. The van der Waals surface area contributed by atoms with Gasteiger partial charge < -0.3 is 0 Å². The summed E-state index contributed by atoms with van der Waals surface area (Å²) in [5, 5.41) is 6.67. The van der Waals surface area contributed by atoms with Crippen molar-refractivity contribution in [2.24, 2.45) is 16.0 Å². The molecule has 2 unspecified atom stereocenters. The van der Waals surface area contributed by atoms with Crippen molar-refractivity contribution >= 4 is 12.1 Å². The van der Waals surface area contributed by atoms with Crippen LogP contribution in [0.15, 0.2) is 33.9 Å². The second kappa shape index (κ2) is 7.93. The zero-order chi connectivity index (χ0) is 14.3. The summed E-state index contributed by atoms with van der Waals surface area (Å²) in [5.41, 5.74) is 1.27. The lowest BCUT2D eigenvalue weighted by Gasteiger charge is -2.25. The lowest BCUT2D eigenvalue weighted by atomic mass is 10.0. The Morgan fingerprint density at radius 3 is 2.74 bits per heavy atom. The van der Waals surface area contributed by atoms with Gasteiger partial charge in [-0.15, -0.1) is 0 Å².